The number of non-ortho nitro benzene ring substituents is 1. The maximum absolute atomic E-state index is 11.1. The van der Waals surface area contributed by atoms with E-state index in [0.717, 1.165) is 0 Å². The maximum Gasteiger partial charge on any atom is 0.277 e. The smallest absolute Gasteiger partial charge is 0.277 e. The van der Waals surface area contributed by atoms with Gasteiger partial charge in [-0.15, -0.1) is 0 Å². The lowest BCUT2D eigenvalue weighted by Gasteiger charge is -2.07. The third-order valence-corrected chi connectivity index (χ3v) is 3.16. The van der Waals surface area contributed by atoms with Crippen LogP contribution in [0.3, 0.4) is 0 Å². The Morgan fingerprint density at radius 2 is 1.90 bits per heavy atom. The number of hydrogen-bond acceptors (Lipinski definition) is 5. The van der Waals surface area contributed by atoms with E-state index in [2.05, 4.69) is 4.98 Å². The summed E-state index contributed by atoms with van der Waals surface area (Å²) in [6.07, 6.45) is 3.01. The van der Waals surface area contributed by atoms with Gasteiger partial charge in [-0.1, -0.05) is 12.1 Å². The fourth-order valence-corrected chi connectivity index (χ4v) is 2.26. The van der Waals surface area contributed by atoms with Crippen molar-refractivity contribution in [2.45, 2.75) is 0 Å². The second-order valence-electron chi connectivity index (χ2n) is 4.30. The third-order valence-electron chi connectivity index (χ3n) is 3.16. The Hall–Kier alpha value is -3.02. The van der Waals surface area contributed by atoms with Crippen LogP contribution in [-0.4, -0.2) is 15.9 Å². The number of carboxylic acids is 1. The Labute approximate surface area is 112 Å². The zero-order valence-electron chi connectivity index (χ0n) is 10.1. The van der Waals surface area contributed by atoms with Crippen molar-refractivity contribution in [3.63, 3.8) is 0 Å². The molecule has 1 aromatic heterocycles. The van der Waals surface area contributed by atoms with E-state index in [1.807, 2.05) is 0 Å². The van der Waals surface area contributed by atoms with Crippen LogP contribution in [0.2, 0.25) is 0 Å². The van der Waals surface area contributed by atoms with Gasteiger partial charge in [-0.3, -0.25) is 15.1 Å². The molecule has 3 rings (SSSR count). The predicted octanol–water partition coefficient (Wildman–Crippen LogP) is 1.66. The van der Waals surface area contributed by atoms with E-state index in [0.29, 0.717) is 21.5 Å². The van der Waals surface area contributed by atoms with E-state index < -0.39 is 10.9 Å². The maximum atomic E-state index is 11.1. The predicted molar refractivity (Wildman–Crippen MR) is 70.2 cm³/mol. The van der Waals surface area contributed by atoms with Crippen LogP contribution in [0.1, 0.15) is 10.4 Å². The zero-order chi connectivity index (χ0) is 14.3. The van der Waals surface area contributed by atoms with Crippen molar-refractivity contribution in [2.24, 2.45) is 0 Å². The number of carbonyl (C=O) groups excluding carboxylic acids is 1. The largest absolute Gasteiger partial charge is 0.545 e. The highest BCUT2D eigenvalue weighted by Crippen LogP contribution is 2.32. The van der Waals surface area contributed by atoms with Crippen molar-refractivity contribution in [2.75, 3.05) is 0 Å². The van der Waals surface area contributed by atoms with Crippen LogP contribution in [0.5, 0.6) is 0 Å². The minimum Gasteiger partial charge on any atom is -0.545 e. The first kappa shape index (κ1) is 12.0. The number of nitro groups is 1. The number of hydrogen-bond donors (Lipinski definition) is 0. The van der Waals surface area contributed by atoms with Crippen molar-refractivity contribution < 1.29 is 14.8 Å². The molecule has 0 amide bonds. The normalized spacial score (nSPS) is 10.8. The Kier molecular flexibility index (Phi) is 2.57. The van der Waals surface area contributed by atoms with Crippen molar-refractivity contribution in [3.8, 4) is 0 Å². The molecule has 2 aromatic carbocycles. The molecule has 3 aromatic rings. The van der Waals surface area contributed by atoms with E-state index in [-0.39, 0.29) is 11.3 Å². The lowest BCUT2D eigenvalue weighted by molar-refractivity contribution is -0.382. The Morgan fingerprint density at radius 1 is 1.10 bits per heavy atom. The SMILES string of the molecule is O=C([O-])c1ccc2c(c1)cc([N+](=O)[O-])c1ccncc12. The van der Waals surface area contributed by atoms with E-state index in [9.17, 15) is 20.0 Å². The van der Waals surface area contributed by atoms with Crippen molar-refractivity contribution >= 4 is 33.2 Å². The summed E-state index contributed by atoms with van der Waals surface area (Å²) in [6.45, 7) is 0. The molecule has 1 heterocycles. The highest BCUT2D eigenvalue weighted by atomic mass is 16.6. The van der Waals surface area contributed by atoms with E-state index in [1.54, 1.807) is 12.1 Å². The van der Waals surface area contributed by atoms with Gasteiger partial charge in [0.2, 0.25) is 0 Å². The summed E-state index contributed by atoms with van der Waals surface area (Å²) in [7, 11) is 0. The number of nitrogens with zero attached hydrogens (tertiary/aromatic N) is 2. The highest BCUT2D eigenvalue weighted by Gasteiger charge is 2.15. The Bertz CT molecular complexity index is 874. The van der Waals surface area contributed by atoms with Gasteiger partial charge in [0.05, 0.1) is 16.3 Å². The number of aromatic carboxylic acids is 1. The molecule has 0 aliphatic rings. The minimum atomic E-state index is -1.32. The van der Waals surface area contributed by atoms with Crippen molar-refractivity contribution in [1.82, 2.24) is 4.98 Å². The van der Waals surface area contributed by atoms with E-state index in [1.165, 1.54) is 30.6 Å². The Balaban J connectivity index is 2.48. The molecule has 0 unspecified atom stereocenters. The number of rotatable bonds is 2. The molecule has 0 N–H and O–H groups in total. The van der Waals surface area contributed by atoms with Crippen LogP contribution in [0.25, 0.3) is 21.5 Å². The molecule has 0 atom stereocenters. The fraction of sp³-hybridized carbons (Fsp3) is 0. The van der Waals surface area contributed by atoms with Gasteiger partial charge in [0.25, 0.3) is 5.69 Å². The first-order valence-corrected chi connectivity index (χ1v) is 5.74. The molecule has 6 heteroatoms. The van der Waals surface area contributed by atoms with Gasteiger partial charge in [0.1, 0.15) is 0 Å². The lowest BCUT2D eigenvalue weighted by atomic mass is 10.00. The first-order valence-electron chi connectivity index (χ1n) is 5.74. The summed E-state index contributed by atoms with van der Waals surface area (Å²) >= 11 is 0. The quantitative estimate of drug-likeness (QED) is 0.399. The van der Waals surface area contributed by atoms with Crippen molar-refractivity contribution in [3.05, 3.63) is 58.4 Å². The average Bonchev–Trinajstić information content (AvgIpc) is 2.45. The molecule has 6 nitrogen and oxygen atoms in total. The number of carboxylic acid groups (broad SMARTS) is 1. The van der Waals surface area contributed by atoms with Crippen LogP contribution in [0, 0.1) is 10.1 Å². The van der Waals surface area contributed by atoms with Gasteiger partial charge in [-0.25, -0.2) is 0 Å². The molecule has 0 saturated carbocycles. The molecule has 0 spiro atoms. The molecular weight excluding hydrogens is 260 g/mol. The molecule has 0 bridgehead atoms. The third kappa shape index (κ3) is 1.74. The number of aromatic nitrogens is 1. The van der Waals surface area contributed by atoms with Gasteiger partial charge in [-0.2, -0.15) is 0 Å². The summed E-state index contributed by atoms with van der Waals surface area (Å²) in [4.78, 5) is 25.5. The monoisotopic (exact) mass is 267 g/mol. The fourth-order valence-electron chi connectivity index (χ4n) is 2.26. The van der Waals surface area contributed by atoms with E-state index >= 15 is 0 Å². The van der Waals surface area contributed by atoms with Crippen LogP contribution < -0.4 is 5.11 Å². The molecule has 0 saturated heterocycles. The van der Waals surface area contributed by atoms with Gasteiger partial charge < -0.3 is 9.90 Å². The molecule has 0 aliphatic carbocycles. The van der Waals surface area contributed by atoms with Crippen LogP contribution in [0.4, 0.5) is 5.69 Å². The summed E-state index contributed by atoms with van der Waals surface area (Å²) < 4.78 is 0. The number of benzene rings is 2. The highest BCUT2D eigenvalue weighted by molar-refractivity contribution is 6.12. The number of fused-ring (bicyclic) bond motifs is 3. The summed E-state index contributed by atoms with van der Waals surface area (Å²) in [5, 5.41) is 24.3. The second-order valence-corrected chi connectivity index (χ2v) is 4.30. The number of carbonyl (C=O) groups is 1. The summed E-state index contributed by atoms with van der Waals surface area (Å²) in [6, 6.07) is 7.32. The van der Waals surface area contributed by atoms with Crippen LogP contribution in [-0.2, 0) is 0 Å². The van der Waals surface area contributed by atoms with Gasteiger partial charge >= 0.3 is 0 Å². The second kappa shape index (κ2) is 4.27. The van der Waals surface area contributed by atoms with Crippen LogP contribution >= 0.6 is 0 Å². The number of nitro benzene ring substituents is 1. The topological polar surface area (TPSA) is 96.2 Å². The van der Waals surface area contributed by atoms with Crippen molar-refractivity contribution in [1.29, 1.82) is 0 Å². The van der Waals surface area contributed by atoms with Gasteiger partial charge in [0, 0.05) is 23.8 Å². The molecule has 0 radical (unpaired) electrons. The van der Waals surface area contributed by atoms with E-state index in [4.69, 9.17) is 0 Å². The standard InChI is InChI=1S/C14H8N2O4/c17-14(18)8-1-2-10-9(5-8)6-13(16(19)20)11-3-4-15-7-12(10)11/h1-7H,(H,17,18)/p-1. The lowest BCUT2D eigenvalue weighted by Crippen LogP contribution is -2.21. The summed E-state index contributed by atoms with van der Waals surface area (Å²) in [5.41, 5.74) is -0.0968. The Morgan fingerprint density at radius 3 is 2.60 bits per heavy atom. The summed E-state index contributed by atoms with van der Waals surface area (Å²) in [5.74, 6) is -1.32. The van der Waals surface area contributed by atoms with Gasteiger partial charge in [-0.05, 0) is 28.5 Å². The molecule has 98 valence electrons. The average molecular weight is 267 g/mol. The number of pyridine rings is 1. The molecule has 20 heavy (non-hydrogen) atoms. The van der Waals surface area contributed by atoms with Gasteiger partial charge in [0.15, 0.2) is 0 Å². The zero-order valence-corrected chi connectivity index (χ0v) is 10.1. The minimum absolute atomic E-state index is 0.0185. The first-order chi connectivity index (χ1) is 9.58. The molecule has 0 fully saturated rings. The molecule has 0 aliphatic heterocycles. The van der Waals surface area contributed by atoms with Crippen LogP contribution in [0.15, 0.2) is 42.7 Å². The molecular formula is C14H7N2O4-.